The summed E-state index contributed by atoms with van der Waals surface area (Å²) in [6.45, 7) is 1.35. The van der Waals surface area contributed by atoms with Gasteiger partial charge in [0, 0.05) is 39.9 Å². The van der Waals surface area contributed by atoms with Crippen LogP contribution in [0.25, 0.3) is 10.8 Å². The number of thiol groups is 2. The maximum atomic E-state index is 12.8. The van der Waals surface area contributed by atoms with E-state index >= 15 is 0 Å². The summed E-state index contributed by atoms with van der Waals surface area (Å²) in [5.41, 5.74) is 1.58. The van der Waals surface area contributed by atoms with Crippen LogP contribution in [-0.4, -0.2) is 38.8 Å². The Labute approximate surface area is 286 Å². The summed E-state index contributed by atoms with van der Waals surface area (Å²) in [4.78, 5) is 12.7. The molecule has 1 amide bonds. The zero-order chi connectivity index (χ0) is 34.6. The maximum absolute atomic E-state index is 12.8. The van der Waals surface area contributed by atoms with Crippen molar-refractivity contribution in [3.05, 3.63) is 78.9 Å². The Morgan fingerprint density at radius 3 is 1.98 bits per heavy atom. The number of carbonyl (C=O) groups excluding carboxylic acids is 1. The van der Waals surface area contributed by atoms with Crippen molar-refractivity contribution in [3.63, 3.8) is 0 Å². The number of amides is 1. The zero-order valence-electron chi connectivity index (χ0n) is 25.5. The number of anilines is 2. The summed E-state index contributed by atoms with van der Waals surface area (Å²) in [6.07, 6.45) is 0. The number of ether oxygens (including phenoxy) is 2. The molecule has 0 bridgehead atoms. The predicted octanol–water partition coefficient (Wildman–Crippen LogP) is 8.44. The monoisotopic (exact) mass is 704 g/mol. The lowest BCUT2D eigenvalue weighted by molar-refractivity contribution is -0.114. The molecule has 16 heteroatoms. The molecule has 13 nitrogen and oxygen atoms in total. The normalized spacial score (nSPS) is 11.7. The summed E-state index contributed by atoms with van der Waals surface area (Å²) in [6, 6.07) is 19.4. The van der Waals surface area contributed by atoms with Crippen molar-refractivity contribution in [2.24, 2.45) is 20.5 Å². The van der Waals surface area contributed by atoms with Crippen molar-refractivity contribution in [1.29, 1.82) is 0 Å². The van der Waals surface area contributed by atoms with Gasteiger partial charge in [-0.05, 0) is 72.1 Å². The van der Waals surface area contributed by atoms with Crippen LogP contribution in [0.5, 0.6) is 23.0 Å². The van der Waals surface area contributed by atoms with Crippen LogP contribution in [0.4, 0.5) is 34.1 Å². The van der Waals surface area contributed by atoms with Gasteiger partial charge < -0.3 is 25.0 Å². The van der Waals surface area contributed by atoms with Gasteiger partial charge in [0.1, 0.15) is 34.3 Å². The van der Waals surface area contributed by atoms with Crippen LogP contribution in [-0.2, 0) is 14.8 Å². The minimum atomic E-state index is -3.89. The Kier molecular flexibility index (Phi) is 10.1. The Morgan fingerprint density at radius 1 is 0.792 bits per heavy atom. The van der Waals surface area contributed by atoms with Crippen molar-refractivity contribution >= 4 is 86.1 Å². The molecule has 0 aliphatic rings. The minimum absolute atomic E-state index is 0.00288. The fourth-order valence-electron chi connectivity index (χ4n) is 4.54. The summed E-state index contributed by atoms with van der Waals surface area (Å²) < 4.78 is 39.0. The fourth-order valence-corrected chi connectivity index (χ4v) is 6.16. The molecule has 0 heterocycles. The molecule has 0 atom stereocenters. The van der Waals surface area contributed by atoms with E-state index in [1.165, 1.54) is 81.8 Å². The van der Waals surface area contributed by atoms with Crippen LogP contribution < -0.4 is 19.5 Å². The molecule has 5 aromatic rings. The number of phenolic OH excluding ortho intramolecular Hbond substituents is 2. The fraction of sp³-hybridized carbons (Fsp3) is 0.0938. The van der Waals surface area contributed by atoms with E-state index in [-0.39, 0.29) is 50.9 Å². The topological polar surface area (TPSA) is 184 Å². The number of sulfonamides is 1. The molecule has 0 radical (unpaired) electrons. The molecule has 0 unspecified atom stereocenters. The average Bonchev–Trinajstić information content (AvgIpc) is 3.04. The number of hydrogen-bond acceptors (Lipinski definition) is 13. The first-order valence-corrected chi connectivity index (χ1v) is 16.3. The lowest BCUT2D eigenvalue weighted by Crippen LogP contribution is -2.12. The number of rotatable bonds is 10. The molecule has 5 rings (SSSR count). The van der Waals surface area contributed by atoms with Gasteiger partial charge in [0.05, 0.1) is 30.5 Å². The number of azo groups is 2. The molecule has 0 aliphatic carbocycles. The number of hydrogen-bond donors (Lipinski definition) is 6. The van der Waals surface area contributed by atoms with E-state index in [1.807, 2.05) is 0 Å². The van der Waals surface area contributed by atoms with E-state index in [9.17, 15) is 23.4 Å². The van der Waals surface area contributed by atoms with Gasteiger partial charge in [-0.2, -0.15) is 5.11 Å². The highest BCUT2D eigenvalue weighted by Gasteiger charge is 2.18. The maximum Gasteiger partial charge on any atom is 0.261 e. The second-order valence-electron chi connectivity index (χ2n) is 10.1. The SMILES string of the molecule is COc1cc(/N=N/c2c(S)cc3cc(S)cc(NC(C)=O)c3c2O)c(OC)cc1/N=N/c1ccc(S(=O)(=O)Nc2ccc(O)cc2)cc1. The molecule has 246 valence electrons. The molecule has 0 aromatic heterocycles. The Hall–Kier alpha value is -5.32. The number of carbonyl (C=O) groups is 1. The first kappa shape index (κ1) is 34.0. The largest absolute Gasteiger partial charge is 0.508 e. The Bertz CT molecular complexity index is 2190. The second kappa shape index (κ2) is 14.2. The van der Waals surface area contributed by atoms with Crippen molar-refractivity contribution in [2.75, 3.05) is 24.3 Å². The minimum Gasteiger partial charge on any atom is -0.508 e. The van der Waals surface area contributed by atoms with E-state index in [2.05, 4.69) is 55.8 Å². The molecular formula is C32H28N6O7S3. The number of benzene rings is 5. The van der Waals surface area contributed by atoms with E-state index < -0.39 is 10.0 Å². The molecule has 0 saturated carbocycles. The van der Waals surface area contributed by atoms with E-state index in [0.29, 0.717) is 37.6 Å². The highest BCUT2D eigenvalue weighted by atomic mass is 32.2. The molecule has 0 saturated heterocycles. The molecule has 48 heavy (non-hydrogen) atoms. The van der Waals surface area contributed by atoms with Crippen molar-refractivity contribution in [1.82, 2.24) is 0 Å². The van der Waals surface area contributed by atoms with Crippen molar-refractivity contribution < 1.29 is 32.9 Å². The van der Waals surface area contributed by atoms with Crippen LogP contribution in [0.1, 0.15) is 6.92 Å². The zero-order valence-corrected chi connectivity index (χ0v) is 28.1. The molecule has 0 aliphatic heterocycles. The summed E-state index contributed by atoms with van der Waals surface area (Å²) in [5.74, 6) is -0.0269. The Morgan fingerprint density at radius 2 is 1.40 bits per heavy atom. The third-order valence-corrected chi connectivity index (χ3v) is 8.73. The third kappa shape index (κ3) is 7.62. The van der Waals surface area contributed by atoms with Crippen LogP contribution in [0.15, 0.2) is 114 Å². The molecule has 5 aromatic carbocycles. The molecule has 0 fully saturated rings. The molecule has 0 spiro atoms. The lowest BCUT2D eigenvalue weighted by atomic mass is 10.1. The summed E-state index contributed by atoms with van der Waals surface area (Å²) in [5, 5.41) is 41.2. The van der Waals surface area contributed by atoms with Gasteiger partial charge in [-0.15, -0.1) is 40.6 Å². The number of nitrogens with zero attached hydrogens (tertiary/aromatic N) is 4. The van der Waals surface area contributed by atoms with Crippen molar-refractivity contribution in [2.45, 2.75) is 21.6 Å². The quantitative estimate of drug-likeness (QED) is 0.0479. The Balaban J connectivity index is 1.41. The van der Waals surface area contributed by atoms with Gasteiger partial charge >= 0.3 is 0 Å². The molecular weight excluding hydrogens is 677 g/mol. The van der Waals surface area contributed by atoms with E-state index in [0.717, 1.165) is 0 Å². The van der Waals surface area contributed by atoms with Crippen LogP contribution in [0, 0.1) is 0 Å². The van der Waals surface area contributed by atoms with Gasteiger partial charge in [0.25, 0.3) is 10.0 Å². The molecule has 4 N–H and O–H groups in total. The summed E-state index contributed by atoms with van der Waals surface area (Å²) in [7, 11) is -1.02. The second-order valence-corrected chi connectivity index (χ2v) is 12.8. The van der Waals surface area contributed by atoms with Crippen LogP contribution in [0.2, 0.25) is 0 Å². The first-order chi connectivity index (χ1) is 22.9. The van der Waals surface area contributed by atoms with Gasteiger partial charge in [-0.1, -0.05) is 0 Å². The van der Waals surface area contributed by atoms with Crippen LogP contribution >= 0.6 is 25.3 Å². The van der Waals surface area contributed by atoms with Crippen molar-refractivity contribution in [3.8, 4) is 23.0 Å². The van der Waals surface area contributed by atoms with E-state index in [1.54, 1.807) is 18.2 Å². The first-order valence-electron chi connectivity index (χ1n) is 13.9. The predicted molar refractivity (Wildman–Crippen MR) is 188 cm³/mol. The number of phenols is 2. The lowest BCUT2D eigenvalue weighted by Gasteiger charge is -2.13. The number of aromatic hydroxyl groups is 2. The number of nitrogens with one attached hydrogen (secondary N) is 2. The highest BCUT2D eigenvalue weighted by molar-refractivity contribution is 7.92. The van der Waals surface area contributed by atoms with Gasteiger partial charge in [-0.3, -0.25) is 9.52 Å². The third-order valence-electron chi connectivity index (χ3n) is 6.74. The standard InChI is InChI=1S/C32H28N6O7S3/c1-17(39)33-26-14-22(46)12-18-13-29(47)31(32(41)30(18)26)37-36-25-16-27(44-2)24(15-28(25)45-3)35-34-19-6-10-23(11-7-19)48(42,43)38-20-4-8-21(40)9-5-20/h4-16,38,40-41,46-47H,1-3H3,(H,33,39)/b35-34+,37-36+. The number of methoxy groups -OCH3 is 2. The smallest absolute Gasteiger partial charge is 0.261 e. The van der Waals surface area contributed by atoms with Gasteiger partial charge in [0.2, 0.25) is 5.91 Å². The summed E-state index contributed by atoms with van der Waals surface area (Å²) >= 11 is 8.87. The average molecular weight is 705 g/mol. The number of fused-ring (bicyclic) bond motifs is 1. The van der Waals surface area contributed by atoms with Crippen LogP contribution in [0.3, 0.4) is 0 Å². The van der Waals surface area contributed by atoms with E-state index in [4.69, 9.17) is 9.47 Å². The highest BCUT2D eigenvalue weighted by Crippen LogP contribution is 2.46. The van der Waals surface area contributed by atoms with Gasteiger partial charge in [0.15, 0.2) is 5.75 Å². The van der Waals surface area contributed by atoms with Gasteiger partial charge in [-0.25, -0.2) is 8.42 Å².